The quantitative estimate of drug-likeness (QED) is 0.521. The molecule has 0 bridgehead atoms. The van der Waals surface area contributed by atoms with Crippen molar-refractivity contribution in [2.45, 2.75) is 31.4 Å². The summed E-state index contributed by atoms with van der Waals surface area (Å²) in [5.74, 6) is -0.650. The van der Waals surface area contributed by atoms with E-state index in [0.717, 1.165) is 18.6 Å². The zero-order valence-electron chi connectivity index (χ0n) is 8.49. The number of aliphatic carboxylic acids is 1. The van der Waals surface area contributed by atoms with Crippen LogP contribution in [0.15, 0.2) is 0 Å². The number of methoxy groups -OCH3 is 1. The third-order valence-corrected chi connectivity index (χ3v) is 2.97. The van der Waals surface area contributed by atoms with Crippen LogP contribution in [0.1, 0.15) is 26.2 Å². The van der Waals surface area contributed by atoms with Crippen molar-refractivity contribution >= 4 is 23.7 Å². The molecule has 82 valence electrons. The molecule has 4 nitrogen and oxygen atoms in total. The third-order valence-electron chi connectivity index (χ3n) is 1.67. The van der Waals surface area contributed by atoms with Crippen LogP contribution in [-0.4, -0.2) is 35.2 Å². The van der Waals surface area contributed by atoms with Gasteiger partial charge in [0.15, 0.2) is 0 Å². The average molecular weight is 220 g/mol. The summed E-state index contributed by atoms with van der Waals surface area (Å²) in [4.78, 5) is 21.6. The predicted octanol–water partition coefficient (Wildman–Crippen LogP) is 1.54. The Labute approximate surface area is 88.0 Å². The van der Waals surface area contributed by atoms with Crippen LogP contribution in [0.3, 0.4) is 0 Å². The predicted molar refractivity (Wildman–Crippen MR) is 55.4 cm³/mol. The molecular weight excluding hydrogens is 204 g/mol. The van der Waals surface area contributed by atoms with E-state index in [1.54, 1.807) is 0 Å². The Morgan fingerprint density at radius 1 is 1.50 bits per heavy atom. The lowest BCUT2D eigenvalue weighted by molar-refractivity contribution is -0.145. The Bertz CT molecular complexity index is 193. The molecule has 1 N–H and O–H groups in total. The normalized spacial score (nSPS) is 12.1. The number of carbonyl (C=O) groups is 2. The third kappa shape index (κ3) is 5.85. The zero-order chi connectivity index (χ0) is 11.0. The zero-order valence-corrected chi connectivity index (χ0v) is 9.30. The summed E-state index contributed by atoms with van der Waals surface area (Å²) in [6, 6.07) is 0. The second kappa shape index (κ2) is 7.67. The number of hydrogen-bond acceptors (Lipinski definition) is 4. The first-order chi connectivity index (χ1) is 6.61. The Morgan fingerprint density at radius 2 is 2.14 bits per heavy atom. The lowest BCUT2D eigenvalue weighted by atomic mass is 10.3. The van der Waals surface area contributed by atoms with E-state index < -0.39 is 17.2 Å². The van der Waals surface area contributed by atoms with Crippen molar-refractivity contribution in [1.29, 1.82) is 0 Å². The molecule has 0 aromatic carbocycles. The molecule has 0 aliphatic carbocycles. The molecular formula is C9H16O4S. The number of rotatable bonds is 7. The van der Waals surface area contributed by atoms with E-state index in [1.165, 1.54) is 18.9 Å². The smallest absolute Gasteiger partial charge is 0.317 e. The summed E-state index contributed by atoms with van der Waals surface area (Å²) in [5, 5.41) is 8.12. The van der Waals surface area contributed by atoms with Crippen molar-refractivity contribution in [3.63, 3.8) is 0 Å². The summed E-state index contributed by atoms with van der Waals surface area (Å²) in [5.41, 5.74) is 0. The second-order valence-electron chi connectivity index (χ2n) is 2.83. The second-order valence-corrected chi connectivity index (χ2v) is 4.14. The van der Waals surface area contributed by atoms with Gasteiger partial charge >= 0.3 is 11.9 Å². The average Bonchev–Trinajstić information content (AvgIpc) is 2.16. The summed E-state index contributed by atoms with van der Waals surface area (Å²) in [6.45, 7) is 2.04. The Kier molecular flexibility index (Phi) is 7.28. The van der Waals surface area contributed by atoms with Gasteiger partial charge in [0.05, 0.1) is 13.5 Å². The van der Waals surface area contributed by atoms with Crippen molar-refractivity contribution in [3.05, 3.63) is 0 Å². The minimum atomic E-state index is -0.948. The van der Waals surface area contributed by atoms with Crippen molar-refractivity contribution in [2.24, 2.45) is 0 Å². The highest BCUT2D eigenvalue weighted by Crippen LogP contribution is 2.17. The number of unbranched alkanes of at least 4 members (excludes halogenated alkanes) is 1. The number of ether oxygens (including phenoxy) is 1. The van der Waals surface area contributed by atoms with E-state index in [-0.39, 0.29) is 6.42 Å². The first-order valence-corrected chi connectivity index (χ1v) is 5.57. The first kappa shape index (κ1) is 13.3. The monoisotopic (exact) mass is 220 g/mol. The topological polar surface area (TPSA) is 63.6 Å². The van der Waals surface area contributed by atoms with Gasteiger partial charge in [-0.1, -0.05) is 13.3 Å². The Balaban J connectivity index is 3.90. The van der Waals surface area contributed by atoms with Crippen LogP contribution < -0.4 is 0 Å². The molecule has 0 heterocycles. The van der Waals surface area contributed by atoms with Crippen LogP contribution in [-0.2, 0) is 14.3 Å². The molecule has 0 unspecified atom stereocenters. The molecule has 0 amide bonds. The van der Waals surface area contributed by atoms with E-state index in [0.29, 0.717) is 0 Å². The van der Waals surface area contributed by atoms with Gasteiger partial charge in [0.1, 0.15) is 5.25 Å². The molecule has 0 saturated heterocycles. The molecule has 0 radical (unpaired) electrons. The standard InChI is InChI=1S/C9H16O4S/c1-3-4-5-14-7(9(11)12)6-8(10)13-2/h7H,3-6H2,1-2H3,(H,11,12)/t7-/m0/s1. The van der Waals surface area contributed by atoms with Gasteiger partial charge < -0.3 is 9.84 Å². The van der Waals surface area contributed by atoms with Crippen LogP contribution in [0.4, 0.5) is 0 Å². The fourth-order valence-corrected chi connectivity index (χ4v) is 1.96. The first-order valence-electron chi connectivity index (χ1n) is 4.53. The van der Waals surface area contributed by atoms with Crippen molar-refractivity contribution < 1.29 is 19.4 Å². The van der Waals surface area contributed by atoms with Gasteiger partial charge in [-0.3, -0.25) is 9.59 Å². The number of thioether (sulfide) groups is 1. The maximum absolute atomic E-state index is 10.9. The molecule has 0 fully saturated rings. The van der Waals surface area contributed by atoms with Crippen LogP contribution in [0, 0.1) is 0 Å². The van der Waals surface area contributed by atoms with Gasteiger partial charge in [0.25, 0.3) is 0 Å². The fraction of sp³-hybridized carbons (Fsp3) is 0.778. The van der Waals surface area contributed by atoms with Gasteiger partial charge in [-0.25, -0.2) is 0 Å². The number of hydrogen-bond donors (Lipinski definition) is 1. The summed E-state index contributed by atoms with van der Waals surface area (Å²) in [6.07, 6.45) is 1.94. The minimum Gasteiger partial charge on any atom is -0.480 e. The number of carboxylic acid groups (broad SMARTS) is 1. The molecule has 0 aromatic rings. The maximum Gasteiger partial charge on any atom is 0.317 e. The SMILES string of the molecule is CCCCS[C@@H](CC(=O)OC)C(=O)O. The highest BCUT2D eigenvalue weighted by atomic mass is 32.2. The van der Waals surface area contributed by atoms with Gasteiger partial charge in [0.2, 0.25) is 0 Å². The van der Waals surface area contributed by atoms with Gasteiger partial charge in [0, 0.05) is 0 Å². The molecule has 0 spiro atoms. The van der Waals surface area contributed by atoms with E-state index in [1.807, 2.05) is 6.92 Å². The molecule has 0 aliphatic heterocycles. The number of carboxylic acids is 1. The Morgan fingerprint density at radius 3 is 2.57 bits per heavy atom. The maximum atomic E-state index is 10.9. The van der Waals surface area contributed by atoms with Crippen LogP contribution >= 0.6 is 11.8 Å². The molecule has 5 heteroatoms. The number of carbonyl (C=O) groups excluding carboxylic acids is 1. The highest BCUT2D eigenvalue weighted by Gasteiger charge is 2.21. The van der Waals surface area contributed by atoms with E-state index >= 15 is 0 Å². The lowest BCUT2D eigenvalue weighted by Crippen LogP contribution is -2.21. The largest absolute Gasteiger partial charge is 0.480 e. The van der Waals surface area contributed by atoms with E-state index in [9.17, 15) is 9.59 Å². The van der Waals surface area contributed by atoms with Crippen LogP contribution in [0.25, 0.3) is 0 Å². The molecule has 0 aliphatic rings. The summed E-state index contributed by atoms with van der Waals surface area (Å²) >= 11 is 1.30. The highest BCUT2D eigenvalue weighted by molar-refractivity contribution is 8.00. The van der Waals surface area contributed by atoms with Crippen molar-refractivity contribution in [3.8, 4) is 0 Å². The van der Waals surface area contributed by atoms with Gasteiger partial charge in [-0.05, 0) is 12.2 Å². The fourth-order valence-electron chi connectivity index (χ4n) is 0.822. The van der Waals surface area contributed by atoms with E-state index in [2.05, 4.69) is 4.74 Å². The minimum absolute atomic E-state index is 0.0553. The summed E-state index contributed by atoms with van der Waals surface area (Å²) < 4.78 is 4.42. The molecule has 0 rings (SSSR count). The molecule has 0 saturated carbocycles. The number of esters is 1. The van der Waals surface area contributed by atoms with E-state index in [4.69, 9.17) is 5.11 Å². The van der Waals surface area contributed by atoms with Gasteiger partial charge in [-0.2, -0.15) is 0 Å². The van der Waals surface area contributed by atoms with Crippen LogP contribution in [0.5, 0.6) is 0 Å². The van der Waals surface area contributed by atoms with Crippen LogP contribution in [0.2, 0.25) is 0 Å². The lowest BCUT2D eigenvalue weighted by Gasteiger charge is -2.09. The molecule has 0 aromatic heterocycles. The molecule has 14 heavy (non-hydrogen) atoms. The summed E-state index contributed by atoms with van der Waals surface area (Å²) in [7, 11) is 1.26. The van der Waals surface area contributed by atoms with Gasteiger partial charge in [-0.15, -0.1) is 11.8 Å². The Hall–Kier alpha value is -0.710. The van der Waals surface area contributed by atoms with Crippen molar-refractivity contribution in [2.75, 3.05) is 12.9 Å². The van der Waals surface area contributed by atoms with Crippen molar-refractivity contribution in [1.82, 2.24) is 0 Å². The molecule has 1 atom stereocenters.